The van der Waals surface area contributed by atoms with E-state index in [4.69, 9.17) is 32.7 Å². The van der Waals surface area contributed by atoms with E-state index in [0.29, 0.717) is 24.0 Å². The third kappa shape index (κ3) is 3.19. The zero-order chi connectivity index (χ0) is 15.0. The molecular formula is C15H10Br2Cl2O2. The second kappa shape index (κ2) is 6.37. The van der Waals surface area contributed by atoms with Crippen LogP contribution in [-0.2, 0) is 0 Å². The number of halogens is 4. The maximum atomic E-state index is 6.64. The highest BCUT2D eigenvalue weighted by Gasteiger charge is 2.21. The number of benzene rings is 2. The lowest BCUT2D eigenvalue weighted by atomic mass is 10.0. The van der Waals surface area contributed by atoms with Gasteiger partial charge < -0.3 is 9.47 Å². The van der Waals surface area contributed by atoms with Gasteiger partial charge in [-0.15, -0.1) is 11.6 Å². The van der Waals surface area contributed by atoms with Gasteiger partial charge in [-0.1, -0.05) is 43.5 Å². The first-order valence-electron chi connectivity index (χ1n) is 6.24. The quantitative estimate of drug-likeness (QED) is 0.523. The molecule has 1 atom stereocenters. The minimum Gasteiger partial charge on any atom is -0.486 e. The third-order valence-electron chi connectivity index (χ3n) is 3.17. The molecule has 0 aromatic heterocycles. The molecule has 1 aliphatic heterocycles. The van der Waals surface area contributed by atoms with Gasteiger partial charge in [0.1, 0.15) is 13.2 Å². The monoisotopic (exact) mass is 450 g/mol. The molecule has 110 valence electrons. The summed E-state index contributed by atoms with van der Waals surface area (Å²) in [6.45, 7) is 1.10. The average molecular weight is 453 g/mol. The van der Waals surface area contributed by atoms with Crippen LogP contribution in [0.1, 0.15) is 16.5 Å². The Balaban J connectivity index is 2.05. The Kier molecular flexibility index (Phi) is 4.69. The van der Waals surface area contributed by atoms with Crippen molar-refractivity contribution in [2.75, 3.05) is 13.2 Å². The normalized spacial score (nSPS) is 14.9. The molecule has 1 heterocycles. The first kappa shape index (κ1) is 15.5. The highest BCUT2D eigenvalue weighted by atomic mass is 79.9. The van der Waals surface area contributed by atoms with Gasteiger partial charge in [0, 0.05) is 14.0 Å². The number of alkyl halides is 1. The molecule has 0 saturated carbocycles. The van der Waals surface area contributed by atoms with Gasteiger partial charge in [-0.25, -0.2) is 0 Å². The van der Waals surface area contributed by atoms with Gasteiger partial charge in [-0.3, -0.25) is 0 Å². The van der Waals surface area contributed by atoms with Crippen LogP contribution in [0, 0.1) is 0 Å². The van der Waals surface area contributed by atoms with E-state index in [1.165, 1.54) is 0 Å². The lowest BCUT2D eigenvalue weighted by Gasteiger charge is -2.22. The highest BCUT2D eigenvalue weighted by molar-refractivity contribution is 9.10. The summed E-state index contributed by atoms with van der Waals surface area (Å²) in [6, 6.07) is 9.35. The van der Waals surface area contributed by atoms with Crippen molar-refractivity contribution in [3.63, 3.8) is 0 Å². The summed E-state index contributed by atoms with van der Waals surface area (Å²) in [5.41, 5.74) is 1.81. The number of hydrogen-bond donors (Lipinski definition) is 0. The van der Waals surface area contributed by atoms with Crippen LogP contribution in [0.2, 0.25) is 5.02 Å². The fourth-order valence-corrected chi connectivity index (χ4v) is 3.98. The molecular weight excluding hydrogens is 443 g/mol. The molecule has 0 N–H and O–H groups in total. The minimum absolute atomic E-state index is 0.358. The van der Waals surface area contributed by atoms with Crippen LogP contribution in [-0.4, -0.2) is 13.2 Å². The number of rotatable bonds is 2. The average Bonchev–Trinajstić information content (AvgIpc) is 2.48. The number of hydrogen-bond acceptors (Lipinski definition) is 2. The van der Waals surface area contributed by atoms with Gasteiger partial charge in [0.15, 0.2) is 11.5 Å². The summed E-state index contributed by atoms with van der Waals surface area (Å²) < 4.78 is 13.0. The summed E-state index contributed by atoms with van der Waals surface area (Å²) in [5.74, 6) is 1.44. The van der Waals surface area contributed by atoms with Crippen molar-refractivity contribution in [3.8, 4) is 11.5 Å². The topological polar surface area (TPSA) is 18.5 Å². The van der Waals surface area contributed by atoms with Crippen LogP contribution in [0.3, 0.4) is 0 Å². The Morgan fingerprint density at radius 2 is 1.52 bits per heavy atom. The molecule has 1 aliphatic rings. The molecule has 21 heavy (non-hydrogen) atoms. The molecule has 0 amide bonds. The van der Waals surface area contributed by atoms with Gasteiger partial charge in [-0.05, 0) is 41.5 Å². The molecule has 2 aromatic carbocycles. The van der Waals surface area contributed by atoms with Crippen LogP contribution in [0.4, 0.5) is 0 Å². The van der Waals surface area contributed by atoms with Gasteiger partial charge in [0.05, 0.1) is 5.38 Å². The molecule has 1 unspecified atom stereocenters. The Bertz CT molecular complexity index is 692. The summed E-state index contributed by atoms with van der Waals surface area (Å²) in [4.78, 5) is 0. The zero-order valence-electron chi connectivity index (χ0n) is 10.7. The second-order valence-electron chi connectivity index (χ2n) is 4.55. The molecule has 0 saturated heterocycles. The second-order valence-corrected chi connectivity index (χ2v) is 7.13. The van der Waals surface area contributed by atoms with Gasteiger partial charge in [-0.2, -0.15) is 0 Å². The van der Waals surface area contributed by atoms with E-state index in [0.717, 1.165) is 25.8 Å². The van der Waals surface area contributed by atoms with E-state index in [1.807, 2.05) is 30.3 Å². The lowest BCUT2D eigenvalue weighted by molar-refractivity contribution is 0.171. The first-order valence-corrected chi connectivity index (χ1v) is 8.64. The van der Waals surface area contributed by atoms with Crippen LogP contribution in [0.5, 0.6) is 11.5 Å². The first-order chi connectivity index (χ1) is 10.1. The van der Waals surface area contributed by atoms with Crippen molar-refractivity contribution in [2.24, 2.45) is 0 Å². The standard InChI is InChI=1S/C15H10Br2Cl2O2/c16-11-2-1-8(18)5-9(11)15(19)10-6-13-14(7-12(10)17)21-4-3-20-13/h1-2,5-7,15H,3-4H2. The SMILES string of the molecule is Clc1ccc(Br)c(C(Cl)c2cc3c(cc2Br)OCCO3)c1. The molecule has 6 heteroatoms. The van der Waals surface area contributed by atoms with E-state index in [-0.39, 0.29) is 5.38 Å². The largest absolute Gasteiger partial charge is 0.486 e. The fourth-order valence-electron chi connectivity index (χ4n) is 2.15. The molecule has 2 aromatic rings. The zero-order valence-corrected chi connectivity index (χ0v) is 15.4. The van der Waals surface area contributed by atoms with Gasteiger partial charge in [0.2, 0.25) is 0 Å². The van der Waals surface area contributed by atoms with Crippen molar-refractivity contribution in [1.82, 2.24) is 0 Å². The summed E-state index contributed by atoms with van der Waals surface area (Å²) in [5, 5.41) is 0.288. The van der Waals surface area contributed by atoms with Crippen LogP contribution >= 0.6 is 55.1 Å². The fraction of sp³-hybridized carbons (Fsp3) is 0.200. The highest BCUT2D eigenvalue weighted by Crippen LogP contribution is 2.43. The van der Waals surface area contributed by atoms with E-state index in [1.54, 1.807) is 0 Å². The van der Waals surface area contributed by atoms with Crippen LogP contribution < -0.4 is 9.47 Å². The van der Waals surface area contributed by atoms with E-state index >= 15 is 0 Å². The van der Waals surface area contributed by atoms with Crippen molar-refractivity contribution in [2.45, 2.75) is 5.38 Å². The number of ether oxygens (including phenoxy) is 2. The predicted octanol–water partition coefficient (Wildman–Crippen LogP) is 5.96. The van der Waals surface area contributed by atoms with Crippen molar-refractivity contribution < 1.29 is 9.47 Å². The molecule has 0 spiro atoms. The molecule has 0 bridgehead atoms. The van der Waals surface area contributed by atoms with Crippen molar-refractivity contribution >= 4 is 55.1 Å². The maximum absolute atomic E-state index is 6.64. The van der Waals surface area contributed by atoms with Crippen LogP contribution in [0.25, 0.3) is 0 Å². The molecule has 2 nitrogen and oxygen atoms in total. The Morgan fingerprint density at radius 1 is 0.905 bits per heavy atom. The smallest absolute Gasteiger partial charge is 0.162 e. The molecule has 3 rings (SSSR count). The predicted molar refractivity (Wildman–Crippen MR) is 92.0 cm³/mol. The molecule has 0 aliphatic carbocycles. The number of fused-ring (bicyclic) bond motifs is 1. The van der Waals surface area contributed by atoms with E-state index in [2.05, 4.69) is 31.9 Å². The summed E-state index contributed by atoms with van der Waals surface area (Å²) in [7, 11) is 0. The van der Waals surface area contributed by atoms with E-state index < -0.39 is 0 Å². The van der Waals surface area contributed by atoms with Crippen molar-refractivity contribution in [3.05, 3.63) is 55.4 Å². The van der Waals surface area contributed by atoms with E-state index in [9.17, 15) is 0 Å². The Labute approximate surface area is 149 Å². The molecule has 0 fully saturated rings. The minimum atomic E-state index is -0.358. The van der Waals surface area contributed by atoms with Gasteiger partial charge >= 0.3 is 0 Å². The van der Waals surface area contributed by atoms with Crippen LogP contribution in [0.15, 0.2) is 39.3 Å². The Morgan fingerprint density at radius 3 is 2.24 bits per heavy atom. The Hall–Kier alpha value is -0.420. The molecule has 0 radical (unpaired) electrons. The maximum Gasteiger partial charge on any atom is 0.162 e. The lowest BCUT2D eigenvalue weighted by Crippen LogP contribution is -2.15. The summed E-state index contributed by atoms with van der Waals surface area (Å²) in [6.07, 6.45) is 0. The summed E-state index contributed by atoms with van der Waals surface area (Å²) >= 11 is 19.8. The van der Waals surface area contributed by atoms with Gasteiger partial charge in [0.25, 0.3) is 0 Å². The van der Waals surface area contributed by atoms with Crippen molar-refractivity contribution in [1.29, 1.82) is 0 Å². The third-order valence-corrected chi connectivity index (χ3v) is 5.28.